The van der Waals surface area contributed by atoms with Gasteiger partial charge in [-0.2, -0.15) is 5.10 Å². The van der Waals surface area contributed by atoms with Crippen LogP contribution in [-0.4, -0.2) is 47.3 Å². The number of aryl methyl sites for hydroxylation is 1. The first kappa shape index (κ1) is 14.8. The van der Waals surface area contributed by atoms with Crippen molar-refractivity contribution >= 4 is 5.91 Å². The number of carbonyl (C=O) groups is 1. The smallest absolute Gasteiger partial charge is 0.257 e. The molecule has 1 amide bonds. The topological polar surface area (TPSA) is 80.3 Å². The molecule has 7 nitrogen and oxygen atoms in total. The Morgan fingerprint density at radius 1 is 1.33 bits per heavy atom. The first-order valence-electron chi connectivity index (χ1n) is 6.40. The zero-order valence-electron chi connectivity index (χ0n) is 12.5. The molecule has 2 rings (SSSR count). The largest absolute Gasteiger partial charge is 0.497 e. The van der Waals surface area contributed by atoms with Gasteiger partial charge >= 0.3 is 0 Å². The van der Waals surface area contributed by atoms with E-state index >= 15 is 0 Å². The highest BCUT2D eigenvalue weighted by atomic mass is 16.5. The maximum atomic E-state index is 12.5. The fourth-order valence-corrected chi connectivity index (χ4v) is 1.92. The molecule has 0 bridgehead atoms. The molecule has 0 atom stereocenters. The number of amides is 1. The molecule has 112 valence electrons. The van der Waals surface area contributed by atoms with Gasteiger partial charge in [-0.3, -0.25) is 9.89 Å². The number of nitrogens with zero attached hydrogens (tertiary/aromatic N) is 3. The predicted molar refractivity (Wildman–Crippen MR) is 76.5 cm³/mol. The summed E-state index contributed by atoms with van der Waals surface area (Å²) >= 11 is 0. The highest BCUT2D eigenvalue weighted by molar-refractivity contribution is 5.97. The summed E-state index contributed by atoms with van der Waals surface area (Å²) in [6.45, 7) is 2.13. The molecule has 2 aromatic rings. The van der Waals surface area contributed by atoms with Gasteiger partial charge in [-0.25, -0.2) is 4.98 Å². The van der Waals surface area contributed by atoms with E-state index in [4.69, 9.17) is 9.47 Å². The Kier molecular flexibility index (Phi) is 4.42. The lowest BCUT2D eigenvalue weighted by molar-refractivity contribution is 0.0778. The van der Waals surface area contributed by atoms with E-state index in [1.54, 1.807) is 32.4 Å². The maximum Gasteiger partial charge on any atom is 0.257 e. The number of rotatable bonds is 5. The van der Waals surface area contributed by atoms with Crippen LogP contribution in [0.15, 0.2) is 18.2 Å². The number of methoxy groups -OCH3 is 2. The fourth-order valence-electron chi connectivity index (χ4n) is 1.92. The maximum absolute atomic E-state index is 12.5. The van der Waals surface area contributed by atoms with Crippen LogP contribution in [0.4, 0.5) is 0 Å². The second kappa shape index (κ2) is 6.25. The molecule has 0 aliphatic carbocycles. The number of ether oxygens (including phenoxy) is 2. The van der Waals surface area contributed by atoms with Crippen molar-refractivity contribution in [2.24, 2.45) is 0 Å². The summed E-state index contributed by atoms with van der Waals surface area (Å²) in [5.41, 5.74) is 0.466. The van der Waals surface area contributed by atoms with Crippen LogP contribution in [0.5, 0.6) is 11.5 Å². The predicted octanol–water partition coefficient (Wildman–Crippen LogP) is 1.40. The third-order valence-electron chi connectivity index (χ3n) is 3.01. The van der Waals surface area contributed by atoms with Crippen LogP contribution in [-0.2, 0) is 6.54 Å². The summed E-state index contributed by atoms with van der Waals surface area (Å²) in [5.74, 6) is 2.22. The Labute approximate surface area is 122 Å². The van der Waals surface area contributed by atoms with E-state index in [1.807, 2.05) is 6.92 Å². The van der Waals surface area contributed by atoms with Crippen LogP contribution in [0.2, 0.25) is 0 Å². The van der Waals surface area contributed by atoms with Gasteiger partial charge in [0.15, 0.2) is 5.82 Å². The van der Waals surface area contributed by atoms with E-state index in [9.17, 15) is 4.79 Å². The average molecular weight is 290 g/mol. The first-order chi connectivity index (χ1) is 10.0. The Hall–Kier alpha value is -2.57. The van der Waals surface area contributed by atoms with Crippen molar-refractivity contribution in [3.63, 3.8) is 0 Å². The van der Waals surface area contributed by atoms with E-state index in [1.165, 1.54) is 12.0 Å². The van der Waals surface area contributed by atoms with Gasteiger partial charge in [-0.15, -0.1) is 0 Å². The SMILES string of the molecule is COc1ccc(C(=O)N(C)Cc2n[nH]c(C)n2)c(OC)c1. The molecule has 1 aromatic heterocycles. The number of aromatic amines is 1. The second-order valence-electron chi connectivity index (χ2n) is 4.56. The highest BCUT2D eigenvalue weighted by Crippen LogP contribution is 2.25. The quantitative estimate of drug-likeness (QED) is 0.900. The molecule has 7 heteroatoms. The normalized spacial score (nSPS) is 10.3. The molecule has 0 unspecified atom stereocenters. The van der Waals surface area contributed by atoms with Crippen molar-refractivity contribution in [2.45, 2.75) is 13.5 Å². The molecule has 0 aliphatic rings. The molecule has 0 spiro atoms. The van der Waals surface area contributed by atoms with E-state index in [2.05, 4.69) is 15.2 Å². The summed E-state index contributed by atoms with van der Waals surface area (Å²) in [7, 11) is 4.77. The number of benzene rings is 1. The van der Waals surface area contributed by atoms with Gasteiger partial charge in [0.25, 0.3) is 5.91 Å². The van der Waals surface area contributed by atoms with Crippen LogP contribution >= 0.6 is 0 Å². The van der Waals surface area contributed by atoms with Crippen molar-refractivity contribution in [1.82, 2.24) is 20.1 Å². The van der Waals surface area contributed by atoms with Crippen molar-refractivity contribution in [2.75, 3.05) is 21.3 Å². The molecule has 1 N–H and O–H groups in total. The van der Waals surface area contributed by atoms with Crippen LogP contribution in [0.1, 0.15) is 22.0 Å². The monoisotopic (exact) mass is 290 g/mol. The van der Waals surface area contributed by atoms with E-state index < -0.39 is 0 Å². The average Bonchev–Trinajstić information content (AvgIpc) is 2.90. The van der Waals surface area contributed by atoms with Crippen molar-refractivity contribution < 1.29 is 14.3 Å². The number of hydrogen-bond acceptors (Lipinski definition) is 5. The summed E-state index contributed by atoms with van der Waals surface area (Å²) in [6, 6.07) is 5.08. The second-order valence-corrected chi connectivity index (χ2v) is 4.56. The van der Waals surface area contributed by atoms with Gasteiger partial charge in [0, 0.05) is 13.1 Å². The number of hydrogen-bond donors (Lipinski definition) is 1. The summed E-state index contributed by atoms with van der Waals surface area (Å²) in [5, 5.41) is 6.77. The van der Waals surface area contributed by atoms with Crippen LogP contribution in [0, 0.1) is 6.92 Å². The van der Waals surface area contributed by atoms with Gasteiger partial charge < -0.3 is 14.4 Å². The third-order valence-corrected chi connectivity index (χ3v) is 3.01. The Morgan fingerprint density at radius 3 is 2.67 bits per heavy atom. The van der Waals surface area contributed by atoms with Crippen LogP contribution < -0.4 is 9.47 Å². The van der Waals surface area contributed by atoms with E-state index in [0.717, 1.165) is 0 Å². The minimum Gasteiger partial charge on any atom is -0.497 e. The lowest BCUT2D eigenvalue weighted by Crippen LogP contribution is -2.27. The molecule has 0 saturated carbocycles. The molecular formula is C14H18N4O3. The van der Waals surface area contributed by atoms with Gasteiger partial charge in [0.2, 0.25) is 0 Å². The van der Waals surface area contributed by atoms with E-state index in [0.29, 0.717) is 35.3 Å². The fraction of sp³-hybridized carbons (Fsp3) is 0.357. The Balaban J connectivity index is 2.18. The van der Waals surface area contributed by atoms with Gasteiger partial charge in [0.1, 0.15) is 17.3 Å². The van der Waals surface area contributed by atoms with Gasteiger partial charge in [-0.05, 0) is 19.1 Å². The molecule has 1 heterocycles. The van der Waals surface area contributed by atoms with Crippen molar-refractivity contribution in [1.29, 1.82) is 0 Å². The zero-order chi connectivity index (χ0) is 15.4. The summed E-state index contributed by atoms with van der Waals surface area (Å²) < 4.78 is 10.4. The minimum absolute atomic E-state index is 0.169. The Morgan fingerprint density at radius 2 is 2.10 bits per heavy atom. The molecular weight excluding hydrogens is 272 g/mol. The number of nitrogens with one attached hydrogen (secondary N) is 1. The van der Waals surface area contributed by atoms with Gasteiger partial charge in [-0.1, -0.05) is 0 Å². The van der Waals surface area contributed by atoms with E-state index in [-0.39, 0.29) is 5.91 Å². The standard InChI is InChI=1S/C14H18N4O3/c1-9-15-13(17-16-9)8-18(2)14(19)11-6-5-10(20-3)7-12(11)21-4/h5-7H,8H2,1-4H3,(H,15,16,17). The molecule has 0 saturated heterocycles. The molecule has 21 heavy (non-hydrogen) atoms. The zero-order valence-corrected chi connectivity index (χ0v) is 12.5. The molecule has 1 aromatic carbocycles. The summed E-state index contributed by atoms with van der Waals surface area (Å²) in [4.78, 5) is 18.2. The van der Waals surface area contributed by atoms with Crippen molar-refractivity contribution in [3.05, 3.63) is 35.4 Å². The highest BCUT2D eigenvalue weighted by Gasteiger charge is 2.18. The number of H-pyrrole nitrogens is 1. The molecule has 0 fully saturated rings. The molecule has 0 radical (unpaired) electrons. The third kappa shape index (κ3) is 3.31. The minimum atomic E-state index is -0.169. The van der Waals surface area contributed by atoms with Crippen molar-refractivity contribution in [3.8, 4) is 11.5 Å². The number of aromatic nitrogens is 3. The lowest BCUT2D eigenvalue weighted by atomic mass is 10.1. The van der Waals surface area contributed by atoms with Crippen LogP contribution in [0.3, 0.4) is 0 Å². The number of carbonyl (C=O) groups excluding carboxylic acids is 1. The van der Waals surface area contributed by atoms with Gasteiger partial charge in [0.05, 0.1) is 26.3 Å². The van der Waals surface area contributed by atoms with Crippen LogP contribution in [0.25, 0.3) is 0 Å². The lowest BCUT2D eigenvalue weighted by Gasteiger charge is -2.17. The Bertz CT molecular complexity index is 639. The molecule has 0 aliphatic heterocycles. The summed E-state index contributed by atoms with van der Waals surface area (Å²) in [6.07, 6.45) is 0. The first-order valence-corrected chi connectivity index (χ1v) is 6.40.